The van der Waals surface area contributed by atoms with Crippen LogP contribution in [-0.4, -0.2) is 87.2 Å². The largest absolute Gasteiger partial charge is 0.314 e. The lowest BCUT2D eigenvalue weighted by Crippen LogP contribution is -2.47. The number of piperidine rings is 2. The highest BCUT2D eigenvalue weighted by atomic mass is 15.2. The fraction of sp³-hybridized carbons (Fsp3) is 1.00. The number of nitrogens with one attached hydrogen (secondary N) is 1. The van der Waals surface area contributed by atoms with E-state index in [0.29, 0.717) is 0 Å². The van der Waals surface area contributed by atoms with Gasteiger partial charge in [-0.3, -0.25) is 0 Å². The van der Waals surface area contributed by atoms with Gasteiger partial charge in [-0.1, -0.05) is 0 Å². The average Bonchev–Trinajstić information content (AvgIpc) is 2.53. The third kappa shape index (κ3) is 4.92. The fourth-order valence-electron chi connectivity index (χ4n) is 4.22. The highest BCUT2D eigenvalue weighted by Gasteiger charge is 2.25. The van der Waals surface area contributed by atoms with Gasteiger partial charge in [0.15, 0.2) is 0 Å². The van der Waals surface area contributed by atoms with Crippen molar-refractivity contribution in [3.63, 3.8) is 0 Å². The first kappa shape index (κ1) is 15.7. The van der Waals surface area contributed by atoms with Crippen LogP contribution in [0.25, 0.3) is 0 Å². The Balaban J connectivity index is 1.33. The SMILES string of the molecule is CN1CCC(CN2CCC(CN3CCNCC3)CC2)CC1. The zero-order chi connectivity index (χ0) is 14.5. The summed E-state index contributed by atoms with van der Waals surface area (Å²) in [5, 5.41) is 3.45. The molecule has 0 aliphatic carbocycles. The van der Waals surface area contributed by atoms with E-state index in [4.69, 9.17) is 0 Å². The lowest BCUT2D eigenvalue weighted by molar-refractivity contribution is 0.107. The number of hydrogen-bond donors (Lipinski definition) is 1. The molecule has 0 amide bonds. The van der Waals surface area contributed by atoms with E-state index in [2.05, 4.69) is 27.1 Å². The Morgan fingerprint density at radius 1 is 0.714 bits per heavy atom. The van der Waals surface area contributed by atoms with Crippen molar-refractivity contribution >= 4 is 0 Å². The molecule has 4 nitrogen and oxygen atoms in total. The topological polar surface area (TPSA) is 21.8 Å². The number of hydrogen-bond acceptors (Lipinski definition) is 4. The van der Waals surface area contributed by atoms with Crippen LogP contribution in [0.5, 0.6) is 0 Å². The number of rotatable bonds is 4. The lowest BCUT2D eigenvalue weighted by atomic mass is 9.92. The van der Waals surface area contributed by atoms with E-state index in [1.807, 2.05) is 0 Å². The van der Waals surface area contributed by atoms with Crippen LogP contribution < -0.4 is 5.32 Å². The van der Waals surface area contributed by atoms with E-state index in [0.717, 1.165) is 11.8 Å². The normalized spacial score (nSPS) is 29.0. The maximum atomic E-state index is 3.45. The van der Waals surface area contributed by atoms with Gasteiger partial charge in [0, 0.05) is 39.3 Å². The minimum atomic E-state index is 0.955. The molecule has 0 spiro atoms. The Morgan fingerprint density at radius 2 is 1.19 bits per heavy atom. The molecule has 3 fully saturated rings. The summed E-state index contributed by atoms with van der Waals surface area (Å²) in [6.45, 7) is 12.9. The van der Waals surface area contributed by atoms with Crippen LogP contribution in [-0.2, 0) is 0 Å². The third-order valence-electron chi connectivity index (χ3n) is 5.79. The molecule has 0 radical (unpaired) electrons. The van der Waals surface area contributed by atoms with Crippen LogP contribution >= 0.6 is 0 Å². The Bertz CT molecular complexity index is 287. The van der Waals surface area contributed by atoms with Gasteiger partial charge in [0.1, 0.15) is 0 Å². The second kappa shape index (κ2) is 7.91. The number of piperazine rings is 1. The molecule has 0 saturated carbocycles. The molecule has 0 aromatic heterocycles. The molecular weight excluding hydrogens is 260 g/mol. The zero-order valence-corrected chi connectivity index (χ0v) is 13.9. The summed E-state index contributed by atoms with van der Waals surface area (Å²) < 4.78 is 0. The van der Waals surface area contributed by atoms with Gasteiger partial charge in [0.25, 0.3) is 0 Å². The van der Waals surface area contributed by atoms with E-state index < -0.39 is 0 Å². The van der Waals surface area contributed by atoms with Crippen molar-refractivity contribution in [2.45, 2.75) is 25.7 Å². The standard InChI is InChI=1S/C17H34N4/c1-19-8-2-16(3-9-19)14-20-10-4-17(5-11-20)15-21-12-6-18-7-13-21/h16-18H,2-15H2,1H3. The molecule has 0 bridgehead atoms. The van der Waals surface area contributed by atoms with Crippen molar-refractivity contribution in [3.8, 4) is 0 Å². The van der Waals surface area contributed by atoms with E-state index in [1.54, 1.807) is 0 Å². The highest BCUT2D eigenvalue weighted by molar-refractivity contribution is 4.80. The summed E-state index contributed by atoms with van der Waals surface area (Å²) in [6, 6.07) is 0. The summed E-state index contributed by atoms with van der Waals surface area (Å²) in [5.74, 6) is 1.92. The van der Waals surface area contributed by atoms with Crippen LogP contribution in [0.2, 0.25) is 0 Å². The highest BCUT2D eigenvalue weighted by Crippen LogP contribution is 2.22. The van der Waals surface area contributed by atoms with E-state index in [-0.39, 0.29) is 0 Å². The molecule has 3 rings (SSSR count). The summed E-state index contributed by atoms with van der Waals surface area (Å²) in [7, 11) is 2.26. The summed E-state index contributed by atoms with van der Waals surface area (Å²) in [4.78, 5) is 7.91. The molecule has 0 unspecified atom stereocenters. The van der Waals surface area contributed by atoms with Gasteiger partial charge in [-0.15, -0.1) is 0 Å². The maximum absolute atomic E-state index is 3.45. The molecular formula is C17H34N4. The quantitative estimate of drug-likeness (QED) is 0.833. The van der Waals surface area contributed by atoms with Gasteiger partial charge < -0.3 is 20.0 Å². The van der Waals surface area contributed by atoms with Crippen molar-refractivity contribution in [2.24, 2.45) is 11.8 Å². The molecule has 3 aliphatic heterocycles. The molecule has 0 atom stereocenters. The monoisotopic (exact) mass is 294 g/mol. The van der Waals surface area contributed by atoms with Crippen LogP contribution in [0.1, 0.15) is 25.7 Å². The van der Waals surface area contributed by atoms with Gasteiger partial charge >= 0.3 is 0 Å². The summed E-state index contributed by atoms with van der Waals surface area (Å²) >= 11 is 0. The summed E-state index contributed by atoms with van der Waals surface area (Å²) in [5.41, 5.74) is 0. The fourth-order valence-corrected chi connectivity index (χ4v) is 4.22. The zero-order valence-electron chi connectivity index (χ0n) is 13.9. The van der Waals surface area contributed by atoms with Crippen molar-refractivity contribution in [2.75, 3.05) is 72.5 Å². The van der Waals surface area contributed by atoms with Crippen molar-refractivity contribution in [3.05, 3.63) is 0 Å². The first-order valence-corrected chi connectivity index (χ1v) is 9.13. The molecule has 4 heteroatoms. The van der Waals surface area contributed by atoms with Crippen LogP contribution in [0, 0.1) is 11.8 Å². The molecule has 3 heterocycles. The molecule has 21 heavy (non-hydrogen) atoms. The summed E-state index contributed by atoms with van der Waals surface area (Å²) in [6.07, 6.45) is 5.68. The smallest absolute Gasteiger partial charge is 0.0107 e. The molecule has 0 aromatic rings. The third-order valence-corrected chi connectivity index (χ3v) is 5.79. The minimum Gasteiger partial charge on any atom is -0.314 e. The van der Waals surface area contributed by atoms with Crippen molar-refractivity contribution < 1.29 is 0 Å². The van der Waals surface area contributed by atoms with Crippen LogP contribution in [0.15, 0.2) is 0 Å². The average molecular weight is 294 g/mol. The lowest BCUT2D eigenvalue weighted by Gasteiger charge is -2.38. The van der Waals surface area contributed by atoms with Gasteiger partial charge in [-0.25, -0.2) is 0 Å². The Morgan fingerprint density at radius 3 is 1.76 bits per heavy atom. The first-order chi connectivity index (χ1) is 10.3. The van der Waals surface area contributed by atoms with Gasteiger partial charge in [0.2, 0.25) is 0 Å². The predicted octanol–water partition coefficient (Wildman–Crippen LogP) is 0.945. The predicted molar refractivity (Wildman–Crippen MR) is 88.7 cm³/mol. The van der Waals surface area contributed by atoms with Gasteiger partial charge in [-0.2, -0.15) is 0 Å². The Kier molecular flexibility index (Phi) is 5.92. The molecule has 122 valence electrons. The van der Waals surface area contributed by atoms with Gasteiger partial charge in [-0.05, 0) is 70.7 Å². The molecule has 3 aliphatic rings. The second-order valence-electron chi connectivity index (χ2n) is 7.54. The molecule has 0 aromatic carbocycles. The molecule has 1 N–H and O–H groups in total. The first-order valence-electron chi connectivity index (χ1n) is 9.13. The van der Waals surface area contributed by atoms with Crippen LogP contribution in [0.3, 0.4) is 0 Å². The van der Waals surface area contributed by atoms with Crippen molar-refractivity contribution in [1.29, 1.82) is 0 Å². The van der Waals surface area contributed by atoms with E-state index in [1.165, 1.54) is 91.1 Å². The van der Waals surface area contributed by atoms with E-state index >= 15 is 0 Å². The Labute approximate surface area is 130 Å². The Hall–Kier alpha value is -0.160. The number of nitrogens with zero attached hydrogens (tertiary/aromatic N) is 3. The number of likely N-dealkylation sites (tertiary alicyclic amines) is 2. The minimum absolute atomic E-state index is 0.955. The maximum Gasteiger partial charge on any atom is 0.0107 e. The van der Waals surface area contributed by atoms with Crippen LogP contribution in [0.4, 0.5) is 0 Å². The van der Waals surface area contributed by atoms with Gasteiger partial charge in [0.05, 0.1) is 0 Å². The van der Waals surface area contributed by atoms with Crippen molar-refractivity contribution in [1.82, 2.24) is 20.0 Å². The second-order valence-corrected chi connectivity index (χ2v) is 7.54. The molecule has 3 saturated heterocycles. The van der Waals surface area contributed by atoms with E-state index in [9.17, 15) is 0 Å².